The Kier molecular flexibility index (Phi) is 3.00. The van der Waals surface area contributed by atoms with Gasteiger partial charge in [-0.2, -0.15) is 0 Å². The van der Waals surface area contributed by atoms with E-state index in [0.717, 1.165) is 21.3 Å². The van der Waals surface area contributed by atoms with Crippen molar-refractivity contribution in [1.29, 1.82) is 0 Å². The molecule has 2 heterocycles. The molecule has 1 aliphatic rings. The average molecular weight is 275 g/mol. The van der Waals surface area contributed by atoms with Crippen molar-refractivity contribution < 1.29 is 4.79 Å². The summed E-state index contributed by atoms with van der Waals surface area (Å²) >= 11 is 1.51. The Balaban J connectivity index is 1.89. The molecule has 1 amide bonds. The molecular weight excluding hydrogens is 262 g/mol. The summed E-state index contributed by atoms with van der Waals surface area (Å²) in [6.07, 6.45) is 1.66. The number of amides is 1. The molecule has 6 nitrogen and oxygen atoms in total. The normalized spacial score (nSPS) is 17.4. The number of nitrogens with one attached hydrogen (secondary N) is 2. The molecule has 0 radical (unpaired) electrons. The third-order valence-corrected chi connectivity index (χ3v) is 4.07. The Morgan fingerprint density at radius 3 is 3.00 bits per heavy atom. The number of hydrogen-bond donors (Lipinski definition) is 2. The van der Waals surface area contributed by atoms with Gasteiger partial charge in [-0.3, -0.25) is 4.79 Å². The van der Waals surface area contributed by atoms with Crippen molar-refractivity contribution in [2.75, 3.05) is 12.4 Å². The molecule has 0 bridgehead atoms. The topological polar surface area (TPSA) is 71.8 Å². The van der Waals surface area contributed by atoms with Gasteiger partial charge in [-0.1, -0.05) is 6.07 Å². The van der Waals surface area contributed by atoms with Gasteiger partial charge in [0.1, 0.15) is 12.4 Å². The van der Waals surface area contributed by atoms with Crippen molar-refractivity contribution in [3.63, 3.8) is 0 Å². The molecule has 2 N–H and O–H groups in total. The highest BCUT2D eigenvalue weighted by Crippen LogP contribution is 2.35. The molecule has 2 aromatic rings. The van der Waals surface area contributed by atoms with Gasteiger partial charge in [0, 0.05) is 23.2 Å². The van der Waals surface area contributed by atoms with Gasteiger partial charge in [-0.25, -0.2) is 0 Å². The van der Waals surface area contributed by atoms with Crippen LogP contribution in [0.4, 0.5) is 5.69 Å². The first-order chi connectivity index (χ1) is 9.19. The van der Waals surface area contributed by atoms with E-state index in [1.807, 2.05) is 29.8 Å². The second-order valence-corrected chi connectivity index (χ2v) is 5.33. The van der Waals surface area contributed by atoms with Crippen LogP contribution in [0.3, 0.4) is 0 Å². The summed E-state index contributed by atoms with van der Waals surface area (Å²) in [6, 6.07) is 5.66. The van der Waals surface area contributed by atoms with Crippen molar-refractivity contribution in [2.24, 2.45) is 7.05 Å². The summed E-state index contributed by atoms with van der Waals surface area (Å²) in [5.74, 6) is -0.0155. The molecule has 1 unspecified atom stereocenters. The van der Waals surface area contributed by atoms with E-state index in [1.54, 1.807) is 13.4 Å². The Morgan fingerprint density at radius 2 is 2.32 bits per heavy atom. The highest BCUT2D eigenvalue weighted by molar-refractivity contribution is 7.99. The smallest absolute Gasteiger partial charge is 0.246 e. The number of carbonyl (C=O) groups excluding carboxylic acids is 1. The zero-order valence-corrected chi connectivity index (χ0v) is 11.4. The Morgan fingerprint density at radius 1 is 1.47 bits per heavy atom. The number of aryl methyl sites for hydroxylation is 1. The third-order valence-electron chi connectivity index (χ3n) is 3.02. The summed E-state index contributed by atoms with van der Waals surface area (Å²) in [5, 5.41) is 14.6. The van der Waals surface area contributed by atoms with Gasteiger partial charge in [-0.15, -0.1) is 10.2 Å². The van der Waals surface area contributed by atoms with E-state index in [1.165, 1.54) is 11.8 Å². The van der Waals surface area contributed by atoms with Crippen LogP contribution in [-0.4, -0.2) is 27.7 Å². The van der Waals surface area contributed by atoms with E-state index in [9.17, 15) is 4.79 Å². The Labute approximate surface area is 114 Å². The van der Waals surface area contributed by atoms with E-state index in [2.05, 4.69) is 20.8 Å². The molecule has 0 saturated carbocycles. The van der Waals surface area contributed by atoms with Crippen LogP contribution in [0.5, 0.6) is 0 Å². The highest BCUT2D eigenvalue weighted by Gasteiger charge is 2.29. The predicted molar refractivity (Wildman–Crippen MR) is 72.0 cm³/mol. The standard InChI is InChI=1S/C12H13N5OS/c1-13-10-8-4-3-7(5-9(8)15-11(10)18)19-12-16-14-6-17(12)2/h3-6,10,13H,1-2H3,(H,15,18). The predicted octanol–water partition coefficient (Wildman–Crippen LogP) is 1.18. The lowest BCUT2D eigenvalue weighted by molar-refractivity contribution is -0.117. The van der Waals surface area contributed by atoms with Gasteiger partial charge in [0.05, 0.1) is 0 Å². The van der Waals surface area contributed by atoms with Crippen LogP contribution in [0.2, 0.25) is 0 Å². The first-order valence-electron chi connectivity index (χ1n) is 5.83. The summed E-state index contributed by atoms with van der Waals surface area (Å²) < 4.78 is 1.85. The fourth-order valence-corrected chi connectivity index (χ4v) is 2.86. The SMILES string of the molecule is CNC1C(=O)Nc2cc(Sc3nncn3C)ccc21. The number of aromatic nitrogens is 3. The molecule has 3 rings (SSSR count). The number of benzene rings is 1. The molecule has 0 fully saturated rings. The molecule has 1 aliphatic heterocycles. The van der Waals surface area contributed by atoms with Crippen LogP contribution in [0, 0.1) is 0 Å². The largest absolute Gasteiger partial charge is 0.324 e. The zero-order valence-electron chi connectivity index (χ0n) is 10.5. The van der Waals surface area contributed by atoms with Gasteiger partial charge in [0.25, 0.3) is 0 Å². The molecule has 0 aliphatic carbocycles. The molecule has 7 heteroatoms. The molecule has 1 aromatic heterocycles. The van der Waals surface area contributed by atoms with Gasteiger partial charge in [-0.05, 0) is 30.9 Å². The fraction of sp³-hybridized carbons (Fsp3) is 0.250. The number of hydrogen-bond acceptors (Lipinski definition) is 5. The van der Waals surface area contributed by atoms with Gasteiger partial charge in [0.15, 0.2) is 5.16 Å². The molecular formula is C12H13N5OS. The monoisotopic (exact) mass is 275 g/mol. The molecule has 0 saturated heterocycles. The van der Waals surface area contributed by atoms with Crippen LogP contribution >= 0.6 is 11.8 Å². The second kappa shape index (κ2) is 4.67. The zero-order chi connectivity index (χ0) is 13.4. The van der Waals surface area contributed by atoms with Crippen LogP contribution < -0.4 is 10.6 Å². The van der Waals surface area contributed by atoms with E-state index in [0.29, 0.717) is 0 Å². The lowest BCUT2D eigenvalue weighted by atomic mass is 10.1. The minimum absolute atomic E-state index is 0.0155. The number of fused-ring (bicyclic) bond motifs is 1. The van der Waals surface area contributed by atoms with Gasteiger partial charge in [0.2, 0.25) is 5.91 Å². The maximum absolute atomic E-state index is 11.7. The number of likely N-dealkylation sites (N-methyl/N-ethyl adjacent to an activating group) is 1. The van der Waals surface area contributed by atoms with Gasteiger partial charge >= 0.3 is 0 Å². The van der Waals surface area contributed by atoms with E-state index in [4.69, 9.17) is 0 Å². The van der Waals surface area contributed by atoms with Crippen molar-refractivity contribution in [3.05, 3.63) is 30.1 Å². The number of anilines is 1. The van der Waals surface area contributed by atoms with E-state index < -0.39 is 0 Å². The molecule has 0 spiro atoms. The third kappa shape index (κ3) is 2.11. The molecule has 19 heavy (non-hydrogen) atoms. The van der Waals surface area contributed by atoms with Crippen molar-refractivity contribution in [2.45, 2.75) is 16.1 Å². The number of rotatable bonds is 3. The van der Waals surface area contributed by atoms with Crippen molar-refractivity contribution >= 4 is 23.4 Å². The van der Waals surface area contributed by atoms with Crippen molar-refractivity contribution in [3.8, 4) is 0 Å². The van der Waals surface area contributed by atoms with Crippen LogP contribution in [-0.2, 0) is 11.8 Å². The maximum atomic E-state index is 11.7. The first-order valence-corrected chi connectivity index (χ1v) is 6.64. The number of carbonyl (C=O) groups is 1. The van der Waals surface area contributed by atoms with E-state index in [-0.39, 0.29) is 11.9 Å². The summed E-state index contributed by atoms with van der Waals surface area (Å²) in [5.41, 5.74) is 1.84. The summed E-state index contributed by atoms with van der Waals surface area (Å²) in [6.45, 7) is 0. The Bertz CT molecular complexity index is 639. The first kappa shape index (κ1) is 12.2. The minimum atomic E-state index is -0.260. The van der Waals surface area contributed by atoms with Crippen molar-refractivity contribution in [1.82, 2.24) is 20.1 Å². The quantitative estimate of drug-likeness (QED) is 0.880. The lowest BCUT2D eigenvalue weighted by Crippen LogP contribution is -2.23. The summed E-state index contributed by atoms with van der Waals surface area (Å²) in [7, 11) is 3.68. The lowest BCUT2D eigenvalue weighted by Gasteiger charge is -2.07. The second-order valence-electron chi connectivity index (χ2n) is 4.29. The maximum Gasteiger partial charge on any atom is 0.246 e. The highest BCUT2D eigenvalue weighted by atomic mass is 32.2. The fourth-order valence-electron chi connectivity index (χ4n) is 2.06. The molecule has 1 atom stereocenters. The summed E-state index contributed by atoms with van der Waals surface area (Å²) in [4.78, 5) is 12.8. The van der Waals surface area contributed by atoms with Crippen LogP contribution in [0.25, 0.3) is 0 Å². The van der Waals surface area contributed by atoms with Gasteiger partial charge < -0.3 is 15.2 Å². The van der Waals surface area contributed by atoms with E-state index >= 15 is 0 Å². The van der Waals surface area contributed by atoms with Crippen LogP contribution in [0.1, 0.15) is 11.6 Å². The molecule has 98 valence electrons. The van der Waals surface area contributed by atoms with Crippen LogP contribution in [0.15, 0.2) is 34.6 Å². The Hall–Kier alpha value is -1.86. The number of nitrogens with zero attached hydrogens (tertiary/aromatic N) is 3. The molecule has 1 aromatic carbocycles. The average Bonchev–Trinajstić information content (AvgIpc) is 2.92. The minimum Gasteiger partial charge on any atom is -0.324 e.